The maximum absolute atomic E-state index is 12.8. The van der Waals surface area contributed by atoms with E-state index in [1.807, 2.05) is 103 Å². The van der Waals surface area contributed by atoms with E-state index in [0.29, 0.717) is 111 Å². The van der Waals surface area contributed by atoms with E-state index in [-0.39, 0.29) is 23.8 Å². The van der Waals surface area contributed by atoms with Crippen LogP contribution in [0.1, 0.15) is 297 Å². The molecule has 7 aliphatic heterocycles. The first-order chi connectivity index (χ1) is 63.6. The number of fused-ring (bicyclic) bond motifs is 10. The van der Waals surface area contributed by atoms with Crippen molar-refractivity contribution >= 4 is 87.2 Å². The van der Waals surface area contributed by atoms with Crippen LogP contribution in [0.5, 0.6) is 0 Å². The first kappa shape index (κ1) is 90.5. The van der Waals surface area contributed by atoms with Gasteiger partial charge in [-0.25, -0.2) is 52.8 Å². The number of aromatic amines is 2. The number of nitrogens with two attached hydrogens (primary N) is 1. The molecule has 11 aromatic heterocycles. The molecule has 25 rings (SSSR count). The smallest absolute Gasteiger partial charge is 0.410 e. The van der Waals surface area contributed by atoms with Gasteiger partial charge in [0.1, 0.15) is 44.6 Å². The zero-order valence-electron chi connectivity index (χ0n) is 78.1. The van der Waals surface area contributed by atoms with E-state index >= 15 is 0 Å². The Morgan fingerprint density at radius 3 is 1.14 bits per heavy atom. The topological polar surface area (TPSA) is 369 Å². The second-order valence-corrected chi connectivity index (χ2v) is 41.9. The van der Waals surface area contributed by atoms with Gasteiger partial charge in [0.25, 0.3) is 5.56 Å². The molecule has 0 aromatic carbocycles. The number of halogens is 2. The molecule has 3 amide bonds. The van der Waals surface area contributed by atoms with Crippen molar-refractivity contribution in [3.05, 3.63) is 148 Å². The molecule has 2 saturated heterocycles. The van der Waals surface area contributed by atoms with Crippen LogP contribution in [0.2, 0.25) is 10.3 Å². The van der Waals surface area contributed by atoms with E-state index in [1.54, 1.807) is 18.8 Å². The number of nitrogens with one attached hydrogen (secondary N) is 4. The molecule has 0 spiro atoms. The molecule has 0 radical (unpaired) electrons. The van der Waals surface area contributed by atoms with E-state index < -0.39 is 16.8 Å². The van der Waals surface area contributed by atoms with Gasteiger partial charge in [-0.15, -0.1) is 0 Å². The number of nitrogens with zero attached hydrogens (tertiary/aromatic N) is 21. The zero-order chi connectivity index (χ0) is 91.6. The quantitative estimate of drug-likeness (QED) is 0.0662. The van der Waals surface area contributed by atoms with Gasteiger partial charge in [-0.2, -0.15) is 39.8 Å². The monoisotopic (exact) mass is 1840 g/mol. The fraction of sp³-hybridized carbons (Fsp3) is 0.619. The first-order valence-electron chi connectivity index (χ1n) is 48.7. The van der Waals surface area contributed by atoms with Crippen molar-refractivity contribution < 1.29 is 28.6 Å². The van der Waals surface area contributed by atoms with Crippen LogP contribution >= 0.6 is 23.2 Å². The van der Waals surface area contributed by atoms with Gasteiger partial charge in [0.15, 0.2) is 28.2 Å². The average molecular weight is 1840 g/mol. The third kappa shape index (κ3) is 20.5. The summed E-state index contributed by atoms with van der Waals surface area (Å²) in [5.74, 6) is 7.86. The number of amides is 3. The van der Waals surface area contributed by atoms with Crippen molar-refractivity contribution in [2.24, 2.45) is 5.92 Å². The molecule has 702 valence electrons. The van der Waals surface area contributed by atoms with Crippen LogP contribution in [0.4, 0.5) is 31.8 Å². The SMILES string of the molecule is CC(C)(C)OC(=O)N1CCc2nc3c(C4CC4)c[nH]n3c(=O)c2CC1.CC(C)(C)OC(=O)N1CCc2nc3c(C4CC4)cnn3c(Cl)c2CC1.CC(C)(C)OC(=O)N1CCc2nc3c(C4CC4)cnn3c(N3CCC3)c2CC1.Clc1c2c(nc3c(C4CC4)cnn13)CCNCC2.N#CCC1CC1.Nc1[nH]ncc1C1CC1.c1nn2c(N3CCC3)c3c(nc2c1C1CC1)CCNCC3. The number of nitrogen functional groups attached to an aromatic ring is 1. The van der Waals surface area contributed by atoms with Gasteiger partial charge in [-0.3, -0.25) is 15.0 Å². The highest BCUT2D eigenvalue weighted by Gasteiger charge is 2.40. The highest BCUT2D eigenvalue weighted by atomic mass is 35.5. The molecule has 0 atom stereocenters. The number of carbonyl (C=O) groups excluding carboxylic acids is 3. The number of nitriles is 1. The fourth-order valence-corrected chi connectivity index (χ4v) is 19.3. The van der Waals surface area contributed by atoms with Crippen molar-refractivity contribution in [2.75, 3.05) is 107 Å². The number of rotatable bonds is 9. The second-order valence-electron chi connectivity index (χ2n) is 41.2. The van der Waals surface area contributed by atoms with Crippen LogP contribution in [-0.4, -0.2) is 225 Å². The third-order valence-corrected chi connectivity index (χ3v) is 28.0. The number of hydrogen-bond donors (Lipinski definition) is 5. The third-order valence-electron chi connectivity index (χ3n) is 27.2. The van der Waals surface area contributed by atoms with Crippen LogP contribution in [-0.2, 0) is 78.4 Å². The Morgan fingerprint density at radius 2 is 0.750 bits per heavy atom. The summed E-state index contributed by atoms with van der Waals surface area (Å²) in [4.78, 5) is 84.9. The minimum absolute atomic E-state index is 0.0436. The Morgan fingerprint density at radius 1 is 0.417 bits per heavy atom. The fourth-order valence-electron chi connectivity index (χ4n) is 18.7. The Hall–Kier alpha value is -10.7. The lowest BCUT2D eigenvalue weighted by atomic mass is 10.1. The molecule has 0 unspecified atom stereocenters. The molecule has 18 heterocycles. The molecule has 11 aromatic rings. The van der Waals surface area contributed by atoms with Crippen molar-refractivity contribution in [1.82, 2.24) is 109 Å². The summed E-state index contributed by atoms with van der Waals surface area (Å²) in [7, 11) is 0. The zero-order valence-corrected chi connectivity index (χ0v) is 79.6. The average Bonchev–Trinajstić information content (AvgIpc) is 1.60. The number of anilines is 3. The van der Waals surface area contributed by atoms with Gasteiger partial charge in [-0.05, 0) is 252 Å². The molecule has 14 aliphatic rings. The molecule has 7 aliphatic carbocycles. The first-order valence-corrected chi connectivity index (χ1v) is 49.4. The highest BCUT2D eigenvalue weighted by Crippen LogP contribution is 2.48. The maximum Gasteiger partial charge on any atom is 0.410 e. The normalized spacial score (nSPS) is 19.5. The molecule has 132 heavy (non-hydrogen) atoms. The molecule has 7 saturated carbocycles. The van der Waals surface area contributed by atoms with Crippen LogP contribution in [0.15, 0.2) is 42.0 Å². The minimum Gasteiger partial charge on any atom is -0.444 e. The predicted octanol–water partition coefficient (Wildman–Crippen LogP) is 14.6. The molecule has 9 fully saturated rings. The van der Waals surface area contributed by atoms with Gasteiger partial charge in [0, 0.05) is 184 Å². The van der Waals surface area contributed by atoms with Gasteiger partial charge in [-0.1, -0.05) is 23.2 Å². The van der Waals surface area contributed by atoms with Gasteiger partial charge < -0.3 is 55.1 Å². The Bertz CT molecular complexity index is 6210. The van der Waals surface area contributed by atoms with Crippen molar-refractivity contribution in [2.45, 2.75) is 288 Å². The lowest BCUT2D eigenvalue weighted by Crippen LogP contribution is -2.40. The number of H-pyrrole nitrogens is 2. The molecule has 6 N–H and O–H groups in total. The van der Waals surface area contributed by atoms with E-state index in [1.165, 1.54) is 152 Å². The largest absolute Gasteiger partial charge is 0.444 e. The minimum atomic E-state index is -0.525. The number of aromatic nitrogens is 17. The lowest BCUT2D eigenvalue weighted by molar-refractivity contribution is 0.0247. The van der Waals surface area contributed by atoms with Crippen molar-refractivity contribution in [3.63, 3.8) is 0 Å². The van der Waals surface area contributed by atoms with Crippen LogP contribution in [0, 0.1) is 17.2 Å². The van der Waals surface area contributed by atoms with E-state index in [0.717, 1.165) is 189 Å². The molecule has 35 heteroatoms. The van der Waals surface area contributed by atoms with Crippen LogP contribution in [0.25, 0.3) is 28.2 Å². The summed E-state index contributed by atoms with van der Waals surface area (Å²) < 4.78 is 25.9. The van der Waals surface area contributed by atoms with E-state index in [2.05, 4.69) is 67.2 Å². The van der Waals surface area contributed by atoms with Gasteiger partial charge in [0.2, 0.25) is 0 Å². The Labute approximate surface area is 779 Å². The van der Waals surface area contributed by atoms with Crippen LogP contribution in [0.3, 0.4) is 0 Å². The molecular weight excluding hydrogens is 1710 g/mol. The number of ether oxygens (including phenoxy) is 3. The number of hydrogen-bond acceptors (Lipinski definition) is 23. The molecular formula is C97H128Cl2N26O7. The summed E-state index contributed by atoms with van der Waals surface area (Å²) in [6.07, 6.45) is 39.7. The maximum atomic E-state index is 12.8. The summed E-state index contributed by atoms with van der Waals surface area (Å²) >= 11 is 13.1. The second kappa shape index (κ2) is 37.6. The molecule has 0 bridgehead atoms. The van der Waals surface area contributed by atoms with E-state index in [4.69, 9.17) is 83.5 Å². The Balaban J connectivity index is 0.000000103. The van der Waals surface area contributed by atoms with Gasteiger partial charge in [0.05, 0.1) is 65.5 Å². The summed E-state index contributed by atoms with van der Waals surface area (Å²) in [5.41, 5.74) is 27.2. The summed E-state index contributed by atoms with van der Waals surface area (Å²) in [6.45, 7) is 28.9. The van der Waals surface area contributed by atoms with Crippen molar-refractivity contribution in [1.29, 1.82) is 5.26 Å². The summed E-state index contributed by atoms with van der Waals surface area (Å²) in [5, 5.41) is 44.2. The summed E-state index contributed by atoms with van der Waals surface area (Å²) in [6, 6.07) is 2.13. The highest BCUT2D eigenvalue weighted by molar-refractivity contribution is 6.31. The lowest BCUT2D eigenvalue weighted by Gasteiger charge is -2.35. The number of carbonyl (C=O) groups is 3. The van der Waals surface area contributed by atoms with E-state index in [9.17, 15) is 19.2 Å². The standard InChI is InChI=1S/C21H29N5O2.C18H23ClN4O2.C18H24N4O3.C16H21N5.C13H15ClN4.C6H9N3.C5H7N/c1-21(2,3)28-20(27)25-11-7-15-17(8-12-25)23-18-16(14-5-6-14)13-22-26(18)19(15)24-9-4-10-24;1-18(2,3)25-17(24)22-8-6-12-14(7-9-22)21-16-13(11-4-5-11)10-20-23(16)15(12)19;1-18(2,3)25-17(24)21-8-6-12-14(7-9-21)20-15-13(11-4-5-11)10-19-22(15)16(12)23;1-8-20(9-1)16-12-4-6-17-7-5-14(12)19-15-13(11-2-3-11)10-18-21(15)16;14-12-9-3-5-15-6-4-11(9)17-13-10(8-1-2-8)7-16-18(12)13;7-6-5(3-8-9-6)4-1-2-4;6-4-3-5-1-2-5/h13-14H,4-12H2,1-3H3;10-11H,4-9H2,1-3H3;10-11,19H,4-9H2,1-3H3;10-11,17H,1-9H2;7-8,15H,1-6H2;3-4H,1-2H2,(H3,7,8,9);5H,1-3H2. The predicted molar refractivity (Wildman–Crippen MR) is 505 cm³/mol. The van der Waals surface area contributed by atoms with Gasteiger partial charge >= 0.3 is 18.3 Å². The van der Waals surface area contributed by atoms with Crippen LogP contribution < -0.4 is 31.7 Å². The Kier molecular flexibility index (Phi) is 25.8. The van der Waals surface area contributed by atoms with Crippen molar-refractivity contribution in [3.8, 4) is 6.07 Å². The molecule has 33 nitrogen and oxygen atoms in total.